The van der Waals surface area contributed by atoms with E-state index in [1.165, 1.54) is 6.33 Å². The van der Waals surface area contributed by atoms with Crippen LogP contribution in [-0.4, -0.2) is 15.1 Å². The average Bonchev–Trinajstić information content (AvgIpc) is 2.34. The normalized spacial score (nSPS) is 10.5. The zero-order chi connectivity index (χ0) is 12.3. The molecule has 3 nitrogen and oxygen atoms in total. The SMILES string of the molecule is CCc1ncnc(Sc2ccccc2O)c1F. The molecule has 1 heterocycles. The number of nitrogens with zero attached hydrogens (tertiary/aromatic N) is 2. The molecular weight excluding hydrogens is 239 g/mol. The van der Waals surface area contributed by atoms with Crippen molar-refractivity contribution in [2.75, 3.05) is 0 Å². The summed E-state index contributed by atoms with van der Waals surface area (Å²) in [5, 5.41) is 9.84. The van der Waals surface area contributed by atoms with Gasteiger partial charge in [-0.25, -0.2) is 14.4 Å². The molecule has 0 bridgehead atoms. The molecular formula is C12H11FN2OS. The van der Waals surface area contributed by atoms with E-state index in [-0.39, 0.29) is 10.8 Å². The van der Waals surface area contributed by atoms with Crippen LogP contribution in [0.4, 0.5) is 4.39 Å². The number of aryl methyl sites for hydroxylation is 1. The van der Waals surface area contributed by atoms with Crippen molar-refractivity contribution in [3.05, 3.63) is 42.1 Å². The maximum Gasteiger partial charge on any atom is 0.177 e. The molecule has 5 heteroatoms. The van der Waals surface area contributed by atoms with Gasteiger partial charge in [-0.2, -0.15) is 0 Å². The van der Waals surface area contributed by atoms with E-state index in [1.807, 2.05) is 6.92 Å². The van der Waals surface area contributed by atoms with Gasteiger partial charge in [0.05, 0.1) is 10.6 Å². The molecule has 2 aromatic rings. The van der Waals surface area contributed by atoms with E-state index in [0.29, 0.717) is 17.0 Å². The first-order valence-electron chi connectivity index (χ1n) is 5.17. The highest BCUT2D eigenvalue weighted by Crippen LogP contribution is 2.34. The number of phenolic OH excluding ortho intramolecular Hbond substituents is 1. The first kappa shape index (κ1) is 11.9. The lowest BCUT2D eigenvalue weighted by Crippen LogP contribution is -1.97. The molecule has 0 aliphatic heterocycles. The van der Waals surface area contributed by atoms with Gasteiger partial charge in [-0.3, -0.25) is 0 Å². The van der Waals surface area contributed by atoms with Gasteiger partial charge in [0.15, 0.2) is 5.82 Å². The molecule has 0 unspecified atom stereocenters. The largest absolute Gasteiger partial charge is 0.507 e. The number of halogens is 1. The summed E-state index contributed by atoms with van der Waals surface area (Å²) in [5.41, 5.74) is 0.387. The van der Waals surface area contributed by atoms with E-state index in [9.17, 15) is 9.50 Å². The summed E-state index contributed by atoms with van der Waals surface area (Å²) in [7, 11) is 0. The lowest BCUT2D eigenvalue weighted by molar-refractivity contribution is 0.462. The smallest absolute Gasteiger partial charge is 0.177 e. The lowest BCUT2D eigenvalue weighted by Gasteiger charge is -2.05. The number of aromatic hydroxyl groups is 1. The minimum absolute atomic E-state index is 0.119. The molecule has 0 amide bonds. The third-order valence-corrected chi connectivity index (χ3v) is 3.28. The van der Waals surface area contributed by atoms with Crippen LogP contribution >= 0.6 is 11.8 Å². The molecule has 0 saturated carbocycles. The molecule has 2 rings (SSSR count). The average molecular weight is 250 g/mol. The van der Waals surface area contributed by atoms with Gasteiger partial charge in [-0.05, 0) is 18.6 Å². The Bertz CT molecular complexity index is 534. The second-order valence-corrected chi connectivity index (χ2v) is 4.39. The van der Waals surface area contributed by atoms with Gasteiger partial charge in [-0.1, -0.05) is 30.8 Å². The third kappa shape index (κ3) is 2.55. The van der Waals surface area contributed by atoms with Crippen LogP contribution in [-0.2, 0) is 6.42 Å². The second-order valence-electron chi connectivity index (χ2n) is 3.36. The highest BCUT2D eigenvalue weighted by atomic mass is 32.2. The van der Waals surface area contributed by atoms with Gasteiger partial charge in [-0.15, -0.1) is 0 Å². The Kier molecular flexibility index (Phi) is 3.58. The van der Waals surface area contributed by atoms with E-state index in [2.05, 4.69) is 9.97 Å². The number of para-hydroxylation sites is 1. The standard InChI is InChI=1S/C12H11FN2OS/c1-2-8-11(13)12(15-7-14-8)17-10-6-4-3-5-9(10)16/h3-7,16H,2H2,1H3. The first-order chi connectivity index (χ1) is 8.22. The van der Waals surface area contributed by atoms with Crippen molar-refractivity contribution in [1.29, 1.82) is 0 Å². The van der Waals surface area contributed by atoms with E-state index in [0.717, 1.165) is 11.8 Å². The van der Waals surface area contributed by atoms with Gasteiger partial charge >= 0.3 is 0 Å². The Balaban J connectivity index is 2.34. The highest BCUT2D eigenvalue weighted by molar-refractivity contribution is 7.99. The number of phenols is 1. The van der Waals surface area contributed by atoms with E-state index in [4.69, 9.17) is 0 Å². The summed E-state index contributed by atoms with van der Waals surface area (Å²) in [6.07, 6.45) is 1.85. The summed E-state index contributed by atoms with van der Waals surface area (Å²) in [4.78, 5) is 8.32. The van der Waals surface area contributed by atoms with Gasteiger partial charge in [0.25, 0.3) is 0 Å². The van der Waals surface area contributed by atoms with Crippen LogP contribution in [0.3, 0.4) is 0 Å². The zero-order valence-electron chi connectivity index (χ0n) is 9.22. The van der Waals surface area contributed by atoms with Crippen molar-refractivity contribution in [3.8, 4) is 5.75 Å². The zero-order valence-corrected chi connectivity index (χ0v) is 10.0. The van der Waals surface area contributed by atoms with E-state index in [1.54, 1.807) is 24.3 Å². The molecule has 0 saturated heterocycles. The number of aromatic nitrogens is 2. The summed E-state index contributed by atoms with van der Waals surface area (Å²) in [6, 6.07) is 6.77. The Morgan fingerprint density at radius 1 is 1.29 bits per heavy atom. The third-order valence-electron chi connectivity index (χ3n) is 2.24. The van der Waals surface area contributed by atoms with Crippen LogP contribution in [0.25, 0.3) is 0 Å². The van der Waals surface area contributed by atoms with Crippen molar-refractivity contribution in [3.63, 3.8) is 0 Å². The molecule has 0 radical (unpaired) electrons. The lowest BCUT2D eigenvalue weighted by atomic mass is 10.3. The molecule has 0 spiro atoms. The predicted molar refractivity (Wildman–Crippen MR) is 63.6 cm³/mol. The second kappa shape index (κ2) is 5.14. The van der Waals surface area contributed by atoms with Crippen LogP contribution in [0.15, 0.2) is 40.5 Å². The number of hydrogen-bond acceptors (Lipinski definition) is 4. The van der Waals surface area contributed by atoms with Crippen molar-refractivity contribution in [1.82, 2.24) is 9.97 Å². The van der Waals surface area contributed by atoms with Gasteiger partial charge in [0, 0.05) is 0 Å². The summed E-state index contributed by atoms with van der Waals surface area (Å²) in [5.74, 6) is -0.295. The first-order valence-corrected chi connectivity index (χ1v) is 5.99. The monoisotopic (exact) mass is 250 g/mol. The van der Waals surface area contributed by atoms with Crippen LogP contribution < -0.4 is 0 Å². The number of benzene rings is 1. The molecule has 88 valence electrons. The molecule has 0 aliphatic rings. The van der Waals surface area contributed by atoms with Crippen molar-refractivity contribution in [2.45, 2.75) is 23.3 Å². The summed E-state index contributed by atoms with van der Waals surface area (Å²) < 4.78 is 13.9. The van der Waals surface area contributed by atoms with Gasteiger partial charge < -0.3 is 5.11 Å². The maximum absolute atomic E-state index is 13.9. The topological polar surface area (TPSA) is 46.0 Å². The van der Waals surface area contributed by atoms with Crippen LogP contribution in [0.1, 0.15) is 12.6 Å². The van der Waals surface area contributed by atoms with Crippen LogP contribution in [0.5, 0.6) is 5.75 Å². The van der Waals surface area contributed by atoms with Crippen LogP contribution in [0, 0.1) is 5.82 Å². The van der Waals surface area contributed by atoms with Crippen LogP contribution in [0.2, 0.25) is 0 Å². The molecule has 17 heavy (non-hydrogen) atoms. The predicted octanol–water partition coefficient (Wildman–Crippen LogP) is 3.03. The number of hydrogen-bond donors (Lipinski definition) is 1. The molecule has 1 N–H and O–H groups in total. The fourth-order valence-electron chi connectivity index (χ4n) is 1.35. The quantitative estimate of drug-likeness (QED) is 0.850. The van der Waals surface area contributed by atoms with E-state index < -0.39 is 5.82 Å². The van der Waals surface area contributed by atoms with Gasteiger partial charge in [0.1, 0.15) is 17.1 Å². The minimum Gasteiger partial charge on any atom is -0.507 e. The van der Waals surface area contributed by atoms with Crippen molar-refractivity contribution < 1.29 is 9.50 Å². The molecule has 0 atom stereocenters. The number of rotatable bonds is 3. The Morgan fingerprint density at radius 2 is 2.06 bits per heavy atom. The molecule has 0 fully saturated rings. The van der Waals surface area contributed by atoms with E-state index >= 15 is 0 Å². The summed E-state index contributed by atoms with van der Waals surface area (Å²) >= 11 is 1.09. The Morgan fingerprint density at radius 3 is 2.76 bits per heavy atom. The fourth-order valence-corrected chi connectivity index (χ4v) is 2.19. The van der Waals surface area contributed by atoms with Crippen molar-refractivity contribution >= 4 is 11.8 Å². The maximum atomic E-state index is 13.9. The Hall–Kier alpha value is -1.62. The van der Waals surface area contributed by atoms with Gasteiger partial charge in [0.2, 0.25) is 0 Å². The highest BCUT2D eigenvalue weighted by Gasteiger charge is 2.12. The molecule has 1 aromatic heterocycles. The summed E-state index contributed by atoms with van der Waals surface area (Å²) in [6.45, 7) is 1.83. The van der Waals surface area contributed by atoms with Crippen molar-refractivity contribution in [2.24, 2.45) is 0 Å². The Labute approximate surface area is 103 Å². The fraction of sp³-hybridized carbons (Fsp3) is 0.167. The minimum atomic E-state index is -0.414. The molecule has 0 aliphatic carbocycles. The molecule has 1 aromatic carbocycles.